The van der Waals surface area contributed by atoms with E-state index in [1.165, 1.54) is 24.8 Å². The topological polar surface area (TPSA) is 50.1 Å². The molecular weight excluding hydrogens is 406 g/mol. The molecule has 0 amide bonds. The van der Waals surface area contributed by atoms with Crippen LogP contribution in [0.15, 0.2) is 42.5 Å². The minimum Gasteiger partial charge on any atom is -0.424 e. The van der Waals surface area contributed by atoms with Gasteiger partial charge in [-0.05, 0) is 60.4 Å². The van der Waals surface area contributed by atoms with Gasteiger partial charge >= 0.3 is 5.97 Å². The molecule has 1 unspecified atom stereocenters. The van der Waals surface area contributed by atoms with Crippen LogP contribution in [0.2, 0.25) is 0 Å². The van der Waals surface area contributed by atoms with Crippen LogP contribution in [0.25, 0.3) is 0 Å². The van der Waals surface area contributed by atoms with Crippen LogP contribution in [0.3, 0.4) is 0 Å². The van der Waals surface area contributed by atoms with Gasteiger partial charge in [0.05, 0.1) is 11.0 Å². The number of ether oxygens (including phenoxy) is 1. The van der Waals surface area contributed by atoms with Crippen LogP contribution in [-0.2, 0) is 23.1 Å². The molecular formula is C30H39NO2. The van der Waals surface area contributed by atoms with Crippen molar-refractivity contribution in [3.05, 3.63) is 64.7 Å². The third-order valence-electron chi connectivity index (χ3n) is 7.45. The summed E-state index contributed by atoms with van der Waals surface area (Å²) in [6.45, 7) is 6.60. The van der Waals surface area contributed by atoms with E-state index < -0.39 is 5.41 Å². The molecule has 2 aromatic carbocycles. The normalized spacial score (nSPS) is 16.1. The number of rotatable bonds is 10. The number of esters is 1. The second-order valence-corrected chi connectivity index (χ2v) is 9.65. The van der Waals surface area contributed by atoms with Gasteiger partial charge < -0.3 is 4.74 Å². The van der Waals surface area contributed by atoms with E-state index >= 15 is 0 Å². The fourth-order valence-electron chi connectivity index (χ4n) is 5.18. The first-order chi connectivity index (χ1) is 16.1. The summed E-state index contributed by atoms with van der Waals surface area (Å²) < 4.78 is 5.98. The largest absolute Gasteiger partial charge is 0.424 e. The van der Waals surface area contributed by atoms with E-state index in [1.54, 1.807) is 0 Å². The van der Waals surface area contributed by atoms with E-state index in [-0.39, 0.29) is 5.97 Å². The van der Waals surface area contributed by atoms with Crippen LogP contribution < -0.4 is 4.74 Å². The van der Waals surface area contributed by atoms with Crippen LogP contribution >= 0.6 is 0 Å². The predicted octanol–water partition coefficient (Wildman–Crippen LogP) is 7.69. The zero-order chi connectivity index (χ0) is 23.7. The van der Waals surface area contributed by atoms with Crippen molar-refractivity contribution < 1.29 is 9.53 Å². The van der Waals surface area contributed by atoms with Gasteiger partial charge in [0.2, 0.25) is 0 Å². The lowest BCUT2D eigenvalue weighted by Gasteiger charge is -2.35. The maximum Gasteiger partial charge on any atom is 0.321 e. The number of carbonyl (C=O) groups excluding carboxylic acids is 1. The first-order valence-corrected chi connectivity index (χ1v) is 12.9. The van der Waals surface area contributed by atoms with Gasteiger partial charge in [-0.1, -0.05) is 96.0 Å². The number of carbonyl (C=O) groups is 1. The molecule has 0 aromatic heterocycles. The maximum atomic E-state index is 13.6. The quantitative estimate of drug-likeness (QED) is 0.278. The van der Waals surface area contributed by atoms with Gasteiger partial charge in [0, 0.05) is 0 Å². The van der Waals surface area contributed by atoms with Crippen molar-refractivity contribution in [2.24, 2.45) is 5.92 Å². The minimum atomic E-state index is -0.622. The molecule has 1 aliphatic carbocycles. The van der Waals surface area contributed by atoms with E-state index in [4.69, 9.17) is 4.74 Å². The summed E-state index contributed by atoms with van der Waals surface area (Å²) in [7, 11) is 0. The Morgan fingerprint density at radius 1 is 1.03 bits per heavy atom. The lowest BCUT2D eigenvalue weighted by molar-refractivity contribution is -0.142. The molecule has 3 nitrogen and oxygen atoms in total. The number of hydrogen-bond acceptors (Lipinski definition) is 3. The monoisotopic (exact) mass is 445 g/mol. The summed E-state index contributed by atoms with van der Waals surface area (Å²) in [5, 5.41) is 9.80. The van der Waals surface area contributed by atoms with Gasteiger partial charge in [-0.15, -0.1) is 0 Å². The number of benzene rings is 2. The molecule has 3 heteroatoms. The lowest BCUT2D eigenvalue weighted by Crippen LogP contribution is -2.41. The zero-order valence-electron chi connectivity index (χ0n) is 20.7. The van der Waals surface area contributed by atoms with Gasteiger partial charge in [-0.2, -0.15) is 5.26 Å². The van der Waals surface area contributed by atoms with Crippen molar-refractivity contribution in [1.82, 2.24) is 0 Å². The maximum absolute atomic E-state index is 13.6. The Hall–Kier alpha value is -2.60. The zero-order valence-corrected chi connectivity index (χ0v) is 20.7. The molecule has 0 heterocycles. The molecule has 2 aromatic rings. The van der Waals surface area contributed by atoms with Gasteiger partial charge in [0.25, 0.3) is 0 Å². The smallest absolute Gasteiger partial charge is 0.321 e. The molecule has 1 fully saturated rings. The third kappa shape index (κ3) is 6.05. The lowest BCUT2D eigenvalue weighted by atomic mass is 9.69. The molecule has 1 saturated carbocycles. The Bertz CT molecular complexity index is 948. The summed E-state index contributed by atoms with van der Waals surface area (Å²) in [6, 6.07) is 16.5. The van der Waals surface area contributed by atoms with Gasteiger partial charge in [0.1, 0.15) is 11.8 Å². The van der Waals surface area contributed by atoms with Crippen molar-refractivity contribution in [1.29, 1.82) is 5.26 Å². The highest BCUT2D eigenvalue weighted by Gasteiger charge is 2.43. The fourth-order valence-corrected chi connectivity index (χ4v) is 5.18. The Morgan fingerprint density at radius 3 is 2.33 bits per heavy atom. The standard InChI is InChI=1S/C30H39NO2/c1-4-7-11-24(6-3)20-25-14-17-28(26(21-25)22-31)33-29(32)30(18-9-8-10-19-30)27-15-12-23(5-2)13-16-27/h12-17,21,24H,4-11,18-20H2,1-3H3. The molecule has 176 valence electrons. The summed E-state index contributed by atoms with van der Waals surface area (Å²) >= 11 is 0. The molecule has 1 atom stereocenters. The number of unbranched alkanes of at least 4 members (excludes halogenated alkanes) is 1. The highest BCUT2D eigenvalue weighted by Crippen LogP contribution is 2.41. The highest BCUT2D eigenvalue weighted by molar-refractivity contribution is 5.85. The molecule has 1 aliphatic rings. The van der Waals surface area contributed by atoms with Crippen molar-refractivity contribution in [2.45, 2.75) is 96.8 Å². The third-order valence-corrected chi connectivity index (χ3v) is 7.45. The predicted molar refractivity (Wildman–Crippen MR) is 134 cm³/mol. The number of aryl methyl sites for hydroxylation is 1. The first-order valence-electron chi connectivity index (χ1n) is 12.9. The first kappa shape index (κ1) is 25.0. The minimum absolute atomic E-state index is 0.218. The summed E-state index contributed by atoms with van der Waals surface area (Å²) in [4.78, 5) is 13.6. The molecule has 3 rings (SSSR count). The van der Waals surface area contributed by atoms with Crippen LogP contribution in [-0.4, -0.2) is 5.97 Å². The number of nitriles is 1. The van der Waals surface area contributed by atoms with E-state index in [1.807, 2.05) is 18.2 Å². The van der Waals surface area contributed by atoms with E-state index in [0.29, 0.717) is 17.2 Å². The number of nitrogens with zero attached hydrogens (tertiary/aromatic N) is 1. The van der Waals surface area contributed by atoms with Gasteiger partial charge in [-0.3, -0.25) is 4.79 Å². The van der Waals surface area contributed by atoms with E-state index in [0.717, 1.165) is 62.5 Å². The molecule has 0 aliphatic heterocycles. The Morgan fingerprint density at radius 2 is 1.73 bits per heavy atom. The van der Waals surface area contributed by atoms with Gasteiger partial charge in [0.15, 0.2) is 0 Å². The second-order valence-electron chi connectivity index (χ2n) is 9.65. The van der Waals surface area contributed by atoms with E-state index in [2.05, 4.69) is 51.1 Å². The van der Waals surface area contributed by atoms with Gasteiger partial charge in [-0.25, -0.2) is 0 Å². The fraction of sp³-hybridized carbons (Fsp3) is 0.533. The van der Waals surface area contributed by atoms with Crippen molar-refractivity contribution >= 4 is 5.97 Å². The average molecular weight is 446 g/mol. The summed E-state index contributed by atoms with van der Waals surface area (Å²) in [5.74, 6) is 0.801. The molecule has 0 bridgehead atoms. The SMILES string of the molecule is CCCCC(CC)Cc1ccc(OC(=O)C2(c3ccc(CC)cc3)CCCCC2)c(C#N)c1. The molecule has 0 N–H and O–H groups in total. The van der Waals surface area contributed by atoms with Crippen LogP contribution in [0.5, 0.6) is 5.75 Å². The second kappa shape index (κ2) is 12.0. The highest BCUT2D eigenvalue weighted by atomic mass is 16.5. The van der Waals surface area contributed by atoms with Crippen LogP contribution in [0.4, 0.5) is 0 Å². The number of hydrogen-bond donors (Lipinski definition) is 0. The van der Waals surface area contributed by atoms with E-state index in [9.17, 15) is 10.1 Å². The van der Waals surface area contributed by atoms with Crippen LogP contribution in [0.1, 0.15) is 101 Å². The Kier molecular flexibility index (Phi) is 9.12. The van der Waals surface area contributed by atoms with Crippen LogP contribution in [0, 0.1) is 17.2 Å². The molecule has 0 spiro atoms. The average Bonchev–Trinajstić information content (AvgIpc) is 2.87. The Balaban J connectivity index is 1.82. The molecule has 0 saturated heterocycles. The summed E-state index contributed by atoms with van der Waals surface area (Å²) in [5.41, 5.74) is 3.30. The summed E-state index contributed by atoms with van der Waals surface area (Å²) in [6.07, 6.45) is 11.5. The van der Waals surface area contributed by atoms with Crippen molar-refractivity contribution in [3.8, 4) is 11.8 Å². The molecule has 0 radical (unpaired) electrons. The Labute approximate surface area is 200 Å². The van der Waals surface area contributed by atoms with Crippen molar-refractivity contribution in [3.63, 3.8) is 0 Å². The molecule has 33 heavy (non-hydrogen) atoms. The van der Waals surface area contributed by atoms with Crippen molar-refractivity contribution in [2.75, 3.05) is 0 Å².